The maximum absolute atomic E-state index is 8.52. The van der Waals surface area contributed by atoms with Gasteiger partial charge in [-0.05, 0) is 0 Å². The first kappa shape index (κ1) is 9.92. The highest BCUT2D eigenvalue weighted by molar-refractivity contribution is 7.79. The third kappa shape index (κ3) is 1890. The average molecular weight is 128 g/mol. The summed E-state index contributed by atoms with van der Waals surface area (Å²) in [6, 6.07) is 0. The number of hydrogen-bond acceptors (Lipinski definition) is 6. The molecular weight excluding hydrogens is 124 g/mol. The summed E-state index contributed by atoms with van der Waals surface area (Å²) in [4.78, 5) is 0. The van der Waals surface area contributed by atoms with Gasteiger partial charge in [-0.2, -0.15) is 0 Å². The Morgan fingerprint density at radius 1 is 1.14 bits per heavy atom. The van der Waals surface area contributed by atoms with Crippen molar-refractivity contribution in [3.8, 4) is 0 Å². The minimum Gasteiger partial charge on any atom is -0.759 e. The highest BCUT2D eigenvalue weighted by atomic mass is 32.3. The second-order valence-corrected chi connectivity index (χ2v) is 1.22. The minimum atomic E-state index is -5.17. The van der Waals surface area contributed by atoms with Crippen LogP contribution in [0.3, 0.4) is 0 Å². The van der Waals surface area contributed by atoms with E-state index in [-0.39, 0.29) is 0 Å². The van der Waals surface area contributed by atoms with Crippen molar-refractivity contribution in [2.45, 2.75) is 0 Å². The van der Waals surface area contributed by atoms with E-state index in [1.165, 1.54) is 0 Å². The summed E-state index contributed by atoms with van der Waals surface area (Å²) in [5, 5.41) is 0. The van der Waals surface area contributed by atoms with Crippen LogP contribution in [-0.4, -0.2) is 17.5 Å². The molecule has 0 unspecified atom stereocenters. The quantitative estimate of drug-likeness (QED) is 0.160. The number of rotatable bonds is 0. The van der Waals surface area contributed by atoms with Crippen molar-refractivity contribution in [1.29, 1.82) is 0 Å². The fraction of sp³-hybridized carbons (Fsp3) is 0. The van der Waals surface area contributed by atoms with E-state index in [0.717, 1.165) is 0 Å². The summed E-state index contributed by atoms with van der Waals surface area (Å²) in [6.45, 7) is 0. The van der Waals surface area contributed by atoms with Crippen LogP contribution in [0.1, 0.15) is 0 Å². The van der Waals surface area contributed by atoms with Crippen LogP contribution in [0.5, 0.6) is 0 Å². The third-order valence-corrected chi connectivity index (χ3v) is 0. The Morgan fingerprint density at radius 2 is 1.14 bits per heavy atom. The molecule has 7 heavy (non-hydrogen) atoms. The van der Waals surface area contributed by atoms with E-state index in [9.17, 15) is 0 Å². The van der Waals surface area contributed by atoms with Crippen LogP contribution in [0.2, 0.25) is 0 Å². The molecule has 7 heteroatoms. The molecule has 46 valence electrons. The molecule has 0 bridgehead atoms. The number of hydrazine groups is 1. The molecule has 0 aliphatic rings. The molecule has 0 aliphatic heterocycles. The van der Waals surface area contributed by atoms with Gasteiger partial charge < -0.3 is 9.11 Å². The molecule has 0 aromatic rings. The maximum Gasteiger partial charge on any atom is 0.0311 e. The molecule has 0 heterocycles. The largest absolute Gasteiger partial charge is 0.759 e. The Hall–Kier alpha value is -0.210. The highest BCUT2D eigenvalue weighted by Crippen LogP contribution is 1.57. The van der Waals surface area contributed by atoms with Gasteiger partial charge in [-0.25, -0.2) is 0 Å². The van der Waals surface area contributed by atoms with Gasteiger partial charge in [-0.3, -0.25) is 20.1 Å². The van der Waals surface area contributed by atoms with Crippen LogP contribution < -0.4 is 11.7 Å². The zero-order chi connectivity index (χ0) is 6.50. The average Bonchev–Trinajstić information content (AvgIpc) is 1.36. The summed E-state index contributed by atoms with van der Waals surface area (Å²) in [7, 11) is -5.17. The van der Waals surface area contributed by atoms with Crippen LogP contribution in [0.25, 0.3) is 0 Å². The molecule has 0 amide bonds. The van der Waals surface area contributed by atoms with Gasteiger partial charge in [0.05, 0.1) is 0 Å². The predicted octanol–water partition coefficient (Wildman–Crippen LogP) is -2.52. The van der Waals surface area contributed by atoms with E-state index in [1.54, 1.807) is 0 Å². The molecule has 0 aliphatic carbocycles. The van der Waals surface area contributed by atoms with Crippen molar-refractivity contribution in [2.24, 2.45) is 11.7 Å². The van der Waals surface area contributed by atoms with Gasteiger partial charge in [0.25, 0.3) is 0 Å². The Morgan fingerprint density at radius 3 is 1.14 bits per heavy atom. The SMILES string of the molecule is NN.O=S(=O)([O-])[O-]. The summed E-state index contributed by atoms with van der Waals surface area (Å²) in [5.41, 5.74) is 0. The van der Waals surface area contributed by atoms with Crippen LogP contribution in [0, 0.1) is 0 Å². The summed E-state index contributed by atoms with van der Waals surface area (Å²) < 4.78 is 34.1. The van der Waals surface area contributed by atoms with Crippen LogP contribution in [0.4, 0.5) is 0 Å². The topological polar surface area (TPSA) is 132 Å². The molecule has 0 rings (SSSR count). The Labute approximate surface area is 40.7 Å². The van der Waals surface area contributed by atoms with Gasteiger partial charge in [0.1, 0.15) is 0 Å². The van der Waals surface area contributed by atoms with Crippen molar-refractivity contribution in [3.63, 3.8) is 0 Å². The first-order valence-corrected chi connectivity index (χ1v) is 2.33. The van der Waals surface area contributed by atoms with E-state index >= 15 is 0 Å². The molecular formula is H4N2O4S-2. The molecule has 0 spiro atoms. The summed E-state index contributed by atoms with van der Waals surface area (Å²) >= 11 is 0. The lowest BCUT2D eigenvalue weighted by atomic mass is 13.0. The Balaban J connectivity index is 0. The lowest BCUT2D eigenvalue weighted by molar-refractivity contribution is 0.352. The zero-order valence-electron chi connectivity index (χ0n) is 3.20. The van der Waals surface area contributed by atoms with Crippen LogP contribution in [0.15, 0.2) is 0 Å². The normalized spacial score (nSPS) is 9.14. The van der Waals surface area contributed by atoms with Crippen molar-refractivity contribution in [3.05, 3.63) is 0 Å². The smallest absolute Gasteiger partial charge is 0.0311 e. The first-order valence-electron chi connectivity index (χ1n) is 1.00. The van der Waals surface area contributed by atoms with Crippen molar-refractivity contribution < 1.29 is 17.5 Å². The fourth-order valence-electron chi connectivity index (χ4n) is 0. The monoisotopic (exact) mass is 128 g/mol. The van der Waals surface area contributed by atoms with Crippen LogP contribution in [-0.2, 0) is 10.4 Å². The fourth-order valence-corrected chi connectivity index (χ4v) is 0. The van der Waals surface area contributed by atoms with E-state index in [2.05, 4.69) is 11.7 Å². The zero-order valence-corrected chi connectivity index (χ0v) is 4.01. The first-order chi connectivity index (χ1) is 3.00. The van der Waals surface area contributed by atoms with Gasteiger partial charge >= 0.3 is 0 Å². The molecule has 6 nitrogen and oxygen atoms in total. The van der Waals surface area contributed by atoms with Gasteiger partial charge in [0.15, 0.2) is 0 Å². The van der Waals surface area contributed by atoms with Gasteiger partial charge in [-0.1, -0.05) is 0 Å². The predicted molar refractivity (Wildman–Crippen MR) is 18.8 cm³/mol. The molecule has 0 atom stereocenters. The van der Waals surface area contributed by atoms with Crippen molar-refractivity contribution >= 4 is 10.4 Å². The summed E-state index contributed by atoms with van der Waals surface area (Å²) in [5.74, 6) is 8.00. The molecule has 0 aromatic heterocycles. The van der Waals surface area contributed by atoms with Gasteiger partial charge in [0, 0.05) is 10.4 Å². The molecule has 0 fully saturated rings. The lowest BCUT2D eigenvalue weighted by Crippen LogP contribution is -2.02. The van der Waals surface area contributed by atoms with Crippen molar-refractivity contribution in [1.82, 2.24) is 0 Å². The second-order valence-electron chi connectivity index (χ2n) is 0.408. The highest BCUT2D eigenvalue weighted by Gasteiger charge is 1.49. The Bertz CT molecular complexity index is 92.9. The van der Waals surface area contributed by atoms with E-state index in [4.69, 9.17) is 17.5 Å². The molecule has 0 saturated carbocycles. The molecule has 4 N–H and O–H groups in total. The molecule has 0 radical (unpaired) electrons. The van der Waals surface area contributed by atoms with E-state index in [1.807, 2.05) is 0 Å². The maximum atomic E-state index is 8.52. The van der Waals surface area contributed by atoms with Crippen LogP contribution >= 0.6 is 0 Å². The second kappa shape index (κ2) is 3.96. The summed E-state index contributed by atoms with van der Waals surface area (Å²) in [6.07, 6.45) is 0. The van der Waals surface area contributed by atoms with Gasteiger partial charge in [-0.15, -0.1) is 0 Å². The number of hydrogen-bond donors (Lipinski definition) is 2. The van der Waals surface area contributed by atoms with E-state index < -0.39 is 10.4 Å². The van der Waals surface area contributed by atoms with Crippen molar-refractivity contribution in [2.75, 3.05) is 0 Å². The molecule has 0 saturated heterocycles. The Kier molecular flexibility index (Phi) is 5.62. The lowest BCUT2D eigenvalue weighted by Gasteiger charge is -2.06. The standard InChI is InChI=1S/H4N2.H2O4S/c1-2;1-5(2,3)4/h1-2H2;(H2,1,2,3,4)/p-2. The number of nitrogens with two attached hydrogens (primary N) is 2. The third-order valence-electron chi connectivity index (χ3n) is 0. The molecule has 0 aromatic carbocycles. The minimum absolute atomic E-state index is 4.00. The van der Waals surface area contributed by atoms with Gasteiger partial charge in [0.2, 0.25) is 0 Å². The van der Waals surface area contributed by atoms with E-state index in [0.29, 0.717) is 0 Å².